The van der Waals surface area contributed by atoms with Crippen LogP contribution in [0.3, 0.4) is 0 Å². The van der Waals surface area contributed by atoms with Crippen LogP contribution in [0.15, 0.2) is 53.9 Å². The average molecular weight is 430 g/mol. The van der Waals surface area contributed by atoms with Crippen molar-refractivity contribution in [1.29, 1.82) is 0 Å². The molecule has 0 unspecified atom stereocenters. The monoisotopic (exact) mass is 429 g/mol. The minimum atomic E-state index is -0.522. The highest BCUT2D eigenvalue weighted by atomic mass is 35.5. The molecule has 1 N–H and O–H groups in total. The Bertz CT molecular complexity index is 1100. The summed E-state index contributed by atoms with van der Waals surface area (Å²) in [6.07, 6.45) is 2.86. The van der Waals surface area contributed by atoms with E-state index in [0.29, 0.717) is 21.5 Å². The summed E-state index contributed by atoms with van der Waals surface area (Å²) in [5, 5.41) is 5.31. The Kier molecular flexibility index (Phi) is 6.41. The molecule has 5 nitrogen and oxygen atoms in total. The molecule has 0 saturated heterocycles. The highest BCUT2D eigenvalue weighted by molar-refractivity contribution is 7.14. The van der Waals surface area contributed by atoms with E-state index in [9.17, 15) is 14.0 Å². The van der Waals surface area contributed by atoms with Gasteiger partial charge in [0.25, 0.3) is 0 Å². The smallest absolute Gasteiger partial charge is 0.248 e. The predicted octanol–water partition coefficient (Wildman–Crippen LogP) is 5.58. The molecule has 0 radical (unpaired) electrons. The number of aromatic nitrogens is 1. The van der Waals surface area contributed by atoms with E-state index < -0.39 is 5.82 Å². The number of carbonyl (C=O) groups is 2. The van der Waals surface area contributed by atoms with Crippen molar-refractivity contribution in [3.8, 4) is 0 Å². The van der Waals surface area contributed by atoms with Crippen molar-refractivity contribution in [3.63, 3.8) is 0 Å². The number of nitrogens with one attached hydrogen (secondary N) is 1. The zero-order chi connectivity index (χ0) is 21.0. The maximum absolute atomic E-state index is 14.1. The molecule has 3 rings (SSSR count). The highest BCUT2D eigenvalue weighted by Crippen LogP contribution is 2.31. The lowest BCUT2D eigenvalue weighted by Gasteiger charge is -2.18. The molecule has 0 aliphatic heterocycles. The molecule has 0 atom stereocenters. The van der Waals surface area contributed by atoms with Crippen LogP contribution in [-0.4, -0.2) is 16.8 Å². The molecular weight excluding hydrogens is 413 g/mol. The normalized spacial score (nSPS) is 10.9. The number of para-hydroxylation sites is 1. The van der Waals surface area contributed by atoms with Crippen LogP contribution in [0.25, 0.3) is 6.08 Å². The van der Waals surface area contributed by atoms with Gasteiger partial charge in [-0.15, -0.1) is 11.3 Å². The van der Waals surface area contributed by atoms with E-state index in [0.717, 1.165) is 5.56 Å². The van der Waals surface area contributed by atoms with E-state index in [1.807, 2.05) is 6.92 Å². The molecule has 8 heteroatoms. The maximum atomic E-state index is 14.1. The average Bonchev–Trinajstić information content (AvgIpc) is 3.14. The Balaban J connectivity index is 1.77. The third-order valence-corrected chi connectivity index (χ3v) is 5.29. The fraction of sp³-hybridized carbons (Fsp3) is 0.0952. The van der Waals surface area contributed by atoms with Crippen LogP contribution in [0.4, 0.5) is 20.9 Å². The number of anilines is 3. The number of halogens is 2. The van der Waals surface area contributed by atoms with Gasteiger partial charge in [-0.1, -0.05) is 29.8 Å². The van der Waals surface area contributed by atoms with Gasteiger partial charge in [0.05, 0.1) is 11.4 Å². The minimum Gasteiger partial charge on any atom is -0.322 e. The molecule has 0 fully saturated rings. The van der Waals surface area contributed by atoms with Crippen LogP contribution in [0, 0.1) is 12.7 Å². The number of amides is 2. The summed E-state index contributed by atoms with van der Waals surface area (Å²) >= 11 is 7.23. The molecule has 0 aliphatic carbocycles. The number of carbonyl (C=O) groups excluding carboxylic acids is 2. The molecule has 0 saturated carbocycles. The van der Waals surface area contributed by atoms with E-state index in [4.69, 9.17) is 11.6 Å². The maximum Gasteiger partial charge on any atom is 0.248 e. The zero-order valence-corrected chi connectivity index (χ0v) is 17.2. The molecule has 0 spiro atoms. The van der Waals surface area contributed by atoms with Gasteiger partial charge in [-0.05, 0) is 42.8 Å². The molecule has 29 heavy (non-hydrogen) atoms. The van der Waals surface area contributed by atoms with Crippen molar-refractivity contribution < 1.29 is 14.0 Å². The fourth-order valence-electron chi connectivity index (χ4n) is 2.57. The summed E-state index contributed by atoms with van der Waals surface area (Å²) in [6.45, 7) is 3.15. The Hall–Kier alpha value is -3.03. The van der Waals surface area contributed by atoms with Crippen LogP contribution >= 0.6 is 22.9 Å². The van der Waals surface area contributed by atoms with Gasteiger partial charge in [0.2, 0.25) is 11.8 Å². The van der Waals surface area contributed by atoms with Crippen LogP contribution in [0.2, 0.25) is 5.02 Å². The summed E-state index contributed by atoms with van der Waals surface area (Å²) in [5.74, 6) is -1.23. The van der Waals surface area contributed by atoms with Crippen molar-refractivity contribution in [2.24, 2.45) is 0 Å². The molecule has 2 amide bonds. The standard InChI is InChI=1S/C21H17ClFN3O2S/c1-13-16(22)6-5-8-18(13)25-20(28)11-10-15-12-29-21(24-15)26(14(2)27)19-9-4-3-7-17(19)23/h3-12H,1-2H3,(H,25,28)/b11-10+. The van der Waals surface area contributed by atoms with Crippen molar-refractivity contribution >= 4 is 57.3 Å². The van der Waals surface area contributed by atoms with Crippen molar-refractivity contribution in [2.75, 3.05) is 10.2 Å². The topological polar surface area (TPSA) is 62.3 Å². The number of hydrogen-bond donors (Lipinski definition) is 1. The van der Waals surface area contributed by atoms with Gasteiger partial charge in [-0.25, -0.2) is 9.37 Å². The first kappa shape index (κ1) is 20.7. The first-order valence-electron chi connectivity index (χ1n) is 8.61. The van der Waals surface area contributed by atoms with Crippen LogP contribution in [0.5, 0.6) is 0 Å². The lowest BCUT2D eigenvalue weighted by atomic mass is 10.2. The van der Waals surface area contributed by atoms with Gasteiger partial charge in [-0.3, -0.25) is 14.5 Å². The minimum absolute atomic E-state index is 0.124. The lowest BCUT2D eigenvalue weighted by Crippen LogP contribution is -2.23. The van der Waals surface area contributed by atoms with E-state index in [-0.39, 0.29) is 17.5 Å². The second-order valence-electron chi connectivity index (χ2n) is 6.10. The van der Waals surface area contributed by atoms with Gasteiger partial charge in [0.1, 0.15) is 5.82 Å². The van der Waals surface area contributed by atoms with Crippen LogP contribution in [-0.2, 0) is 9.59 Å². The lowest BCUT2D eigenvalue weighted by molar-refractivity contribution is -0.116. The number of nitrogens with zero attached hydrogens (tertiary/aromatic N) is 2. The Morgan fingerprint density at radius 2 is 1.97 bits per heavy atom. The van der Waals surface area contributed by atoms with Gasteiger partial charge in [-0.2, -0.15) is 0 Å². The molecule has 1 heterocycles. The Morgan fingerprint density at radius 1 is 1.21 bits per heavy atom. The third kappa shape index (κ3) is 4.88. The van der Waals surface area contributed by atoms with E-state index in [1.165, 1.54) is 47.4 Å². The van der Waals surface area contributed by atoms with Crippen LogP contribution in [0.1, 0.15) is 18.2 Å². The summed E-state index contributed by atoms with van der Waals surface area (Å²) < 4.78 is 14.1. The quantitative estimate of drug-likeness (QED) is 0.538. The molecular formula is C21H17ClFN3O2S. The number of thiazole rings is 1. The molecule has 2 aromatic carbocycles. The largest absolute Gasteiger partial charge is 0.322 e. The van der Waals surface area contributed by atoms with Crippen molar-refractivity contribution in [2.45, 2.75) is 13.8 Å². The fourth-order valence-corrected chi connectivity index (χ4v) is 3.60. The summed E-state index contributed by atoms with van der Waals surface area (Å²) in [7, 11) is 0. The first-order valence-corrected chi connectivity index (χ1v) is 9.87. The zero-order valence-electron chi connectivity index (χ0n) is 15.6. The molecule has 1 aromatic heterocycles. The Morgan fingerprint density at radius 3 is 2.69 bits per heavy atom. The predicted molar refractivity (Wildman–Crippen MR) is 115 cm³/mol. The number of hydrogen-bond acceptors (Lipinski definition) is 4. The van der Waals surface area contributed by atoms with Crippen molar-refractivity contribution in [1.82, 2.24) is 4.98 Å². The van der Waals surface area contributed by atoms with Gasteiger partial charge < -0.3 is 5.32 Å². The second kappa shape index (κ2) is 8.98. The first-order chi connectivity index (χ1) is 13.9. The van der Waals surface area contributed by atoms with Crippen molar-refractivity contribution in [3.05, 3.63) is 76.0 Å². The van der Waals surface area contributed by atoms with Gasteiger partial charge in [0, 0.05) is 29.1 Å². The van der Waals surface area contributed by atoms with Gasteiger partial charge >= 0.3 is 0 Å². The molecule has 148 valence electrons. The molecule has 0 aliphatic rings. The third-order valence-electron chi connectivity index (χ3n) is 4.04. The Labute approximate surface area is 176 Å². The second-order valence-corrected chi connectivity index (χ2v) is 7.34. The van der Waals surface area contributed by atoms with E-state index in [2.05, 4.69) is 10.3 Å². The highest BCUT2D eigenvalue weighted by Gasteiger charge is 2.20. The van der Waals surface area contributed by atoms with Crippen LogP contribution < -0.4 is 10.2 Å². The summed E-state index contributed by atoms with van der Waals surface area (Å²) in [5.41, 5.74) is 1.99. The SMILES string of the molecule is CC(=O)N(c1nc(/C=C/C(=O)Nc2cccc(Cl)c2C)cs1)c1ccccc1F. The van der Waals surface area contributed by atoms with Gasteiger partial charge in [0.15, 0.2) is 5.13 Å². The molecule has 3 aromatic rings. The number of rotatable bonds is 5. The number of benzene rings is 2. The van der Waals surface area contributed by atoms with E-state index >= 15 is 0 Å². The van der Waals surface area contributed by atoms with E-state index in [1.54, 1.807) is 35.7 Å². The summed E-state index contributed by atoms with van der Waals surface area (Å²) in [4.78, 5) is 29.8. The molecule has 0 bridgehead atoms. The summed E-state index contributed by atoms with van der Waals surface area (Å²) in [6, 6.07) is 11.2.